The van der Waals surface area contributed by atoms with Crippen LogP contribution >= 0.6 is 0 Å². The molecule has 3 N–H and O–H groups in total. The average molecular weight is 279 g/mol. The summed E-state index contributed by atoms with van der Waals surface area (Å²) in [4.78, 5) is 23.0. The van der Waals surface area contributed by atoms with Gasteiger partial charge in [-0.2, -0.15) is 0 Å². The molecule has 1 aromatic carbocycles. The van der Waals surface area contributed by atoms with Gasteiger partial charge in [0.25, 0.3) is 0 Å². The molecule has 0 aliphatic carbocycles. The highest BCUT2D eigenvalue weighted by atomic mass is 19.1. The van der Waals surface area contributed by atoms with Crippen molar-refractivity contribution in [3.8, 4) is 0 Å². The maximum Gasteiger partial charge on any atom is 0.239 e. The maximum atomic E-state index is 12.8. The lowest BCUT2D eigenvalue weighted by Crippen LogP contribution is -2.59. The minimum Gasteiger partial charge on any atom is -0.353 e. The zero-order valence-electron chi connectivity index (χ0n) is 11.3. The summed E-state index contributed by atoms with van der Waals surface area (Å²) in [7, 11) is 0. The van der Waals surface area contributed by atoms with Gasteiger partial charge in [0, 0.05) is 12.6 Å². The van der Waals surface area contributed by atoms with Crippen molar-refractivity contribution in [2.24, 2.45) is 0 Å². The summed E-state index contributed by atoms with van der Waals surface area (Å²) in [5.74, 6) is -0.513. The van der Waals surface area contributed by atoms with E-state index in [1.807, 2.05) is 6.92 Å². The Bertz CT molecular complexity index is 480. The monoisotopic (exact) mass is 279 g/mol. The number of rotatable bonds is 4. The summed E-state index contributed by atoms with van der Waals surface area (Å²) in [6, 6.07) is 5.76. The molecule has 2 rings (SSSR count). The highest BCUT2D eigenvalue weighted by Gasteiger charge is 2.24. The van der Waals surface area contributed by atoms with Crippen molar-refractivity contribution >= 4 is 11.8 Å². The van der Waals surface area contributed by atoms with Crippen LogP contribution < -0.4 is 16.0 Å². The summed E-state index contributed by atoms with van der Waals surface area (Å²) in [6.07, 6.45) is 0.630. The third-order valence-electron chi connectivity index (χ3n) is 3.17. The summed E-state index contributed by atoms with van der Waals surface area (Å²) < 4.78 is 12.8. The van der Waals surface area contributed by atoms with E-state index in [9.17, 15) is 14.0 Å². The fourth-order valence-corrected chi connectivity index (χ4v) is 2.12. The molecule has 0 saturated carbocycles. The van der Waals surface area contributed by atoms with Gasteiger partial charge in [0.1, 0.15) is 11.9 Å². The van der Waals surface area contributed by atoms with Gasteiger partial charge in [-0.05, 0) is 31.0 Å². The molecule has 1 aliphatic heterocycles. The van der Waals surface area contributed by atoms with Gasteiger partial charge in [-0.3, -0.25) is 14.9 Å². The lowest BCUT2D eigenvalue weighted by Gasteiger charge is -2.25. The van der Waals surface area contributed by atoms with Gasteiger partial charge in [0.2, 0.25) is 11.8 Å². The first-order valence-corrected chi connectivity index (χ1v) is 6.59. The molecule has 108 valence electrons. The number of amides is 2. The van der Waals surface area contributed by atoms with Gasteiger partial charge in [-0.15, -0.1) is 0 Å². The second-order valence-electron chi connectivity index (χ2n) is 4.98. The second kappa shape index (κ2) is 6.47. The fourth-order valence-electron chi connectivity index (χ4n) is 2.12. The number of hydrogen-bond donors (Lipinski definition) is 3. The molecule has 1 saturated heterocycles. The van der Waals surface area contributed by atoms with E-state index >= 15 is 0 Å². The quantitative estimate of drug-likeness (QED) is 0.724. The van der Waals surface area contributed by atoms with Gasteiger partial charge in [0.05, 0.1) is 6.54 Å². The minimum atomic E-state index is -0.400. The standard InChI is InChI=1S/C14H18FN3O2/c1-9(6-10-2-4-11(15)5-3-10)18-14(20)12-7-17-13(19)8-16-12/h2-5,9,12,16H,6-8H2,1H3,(H,17,19)(H,18,20). The Hall–Kier alpha value is -1.95. The molecule has 2 atom stereocenters. The van der Waals surface area contributed by atoms with Gasteiger partial charge < -0.3 is 10.6 Å². The average Bonchev–Trinajstić information content (AvgIpc) is 2.42. The minimum absolute atomic E-state index is 0.0626. The molecule has 1 heterocycles. The van der Waals surface area contributed by atoms with E-state index in [2.05, 4.69) is 16.0 Å². The zero-order valence-corrected chi connectivity index (χ0v) is 11.3. The Balaban J connectivity index is 1.81. The van der Waals surface area contributed by atoms with Crippen LogP contribution in [0.5, 0.6) is 0 Å². The van der Waals surface area contributed by atoms with Gasteiger partial charge in [-0.1, -0.05) is 12.1 Å². The number of piperazine rings is 1. The molecule has 1 fully saturated rings. The van der Waals surface area contributed by atoms with Crippen molar-refractivity contribution < 1.29 is 14.0 Å². The first-order valence-electron chi connectivity index (χ1n) is 6.59. The van der Waals surface area contributed by atoms with Crippen LogP contribution in [0.1, 0.15) is 12.5 Å². The van der Waals surface area contributed by atoms with E-state index in [1.165, 1.54) is 12.1 Å². The SMILES string of the molecule is CC(Cc1ccc(F)cc1)NC(=O)C1CNC(=O)CN1. The van der Waals surface area contributed by atoms with Crippen LogP contribution in [-0.2, 0) is 16.0 Å². The van der Waals surface area contributed by atoms with Gasteiger partial charge >= 0.3 is 0 Å². The lowest BCUT2D eigenvalue weighted by atomic mass is 10.1. The van der Waals surface area contributed by atoms with Crippen LogP contribution in [0, 0.1) is 5.82 Å². The molecular weight excluding hydrogens is 261 g/mol. The van der Waals surface area contributed by atoms with Crippen LogP contribution in [0.4, 0.5) is 4.39 Å². The molecule has 6 heteroatoms. The van der Waals surface area contributed by atoms with Crippen molar-refractivity contribution in [3.63, 3.8) is 0 Å². The topological polar surface area (TPSA) is 70.2 Å². The normalized spacial score (nSPS) is 20.1. The van der Waals surface area contributed by atoms with Crippen LogP contribution in [0.15, 0.2) is 24.3 Å². The predicted octanol–water partition coefficient (Wildman–Crippen LogP) is -0.0391. The number of nitrogens with one attached hydrogen (secondary N) is 3. The molecule has 2 amide bonds. The Labute approximate surface area is 116 Å². The highest BCUT2D eigenvalue weighted by molar-refractivity contribution is 5.86. The highest BCUT2D eigenvalue weighted by Crippen LogP contribution is 2.06. The van der Waals surface area contributed by atoms with Crippen LogP contribution in [0.3, 0.4) is 0 Å². The van der Waals surface area contributed by atoms with E-state index in [-0.39, 0.29) is 30.2 Å². The molecule has 0 radical (unpaired) electrons. The first kappa shape index (κ1) is 14.5. The zero-order chi connectivity index (χ0) is 14.5. The molecule has 2 unspecified atom stereocenters. The number of carbonyl (C=O) groups is 2. The molecule has 0 aromatic heterocycles. The van der Waals surface area contributed by atoms with Crippen molar-refractivity contribution in [1.29, 1.82) is 0 Å². The molecule has 1 aromatic rings. The van der Waals surface area contributed by atoms with Crippen LogP contribution in [-0.4, -0.2) is 37.0 Å². The molecule has 5 nitrogen and oxygen atoms in total. The first-order chi connectivity index (χ1) is 9.54. The smallest absolute Gasteiger partial charge is 0.239 e. The number of halogens is 1. The Morgan fingerprint density at radius 3 is 2.75 bits per heavy atom. The summed E-state index contributed by atoms with van der Waals surface area (Å²) in [5, 5.41) is 8.39. The van der Waals surface area contributed by atoms with E-state index in [1.54, 1.807) is 12.1 Å². The van der Waals surface area contributed by atoms with Crippen molar-refractivity contribution in [3.05, 3.63) is 35.6 Å². The van der Waals surface area contributed by atoms with Crippen molar-refractivity contribution in [2.75, 3.05) is 13.1 Å². The van der Waals surface area contributed by atoms with Gasteiger partial charge in [0.15, 0.2) is 0 Å². The molecule has 20 heavy (non-hydrogen) atoms. The Morgan fingerprint density at radius 2 is 2.15 bits per heavy atom. The summed E-state index contributed by atoms with van der Waals surface area (Å²) in [6.45, 7) is 2.35. The molecule has 0 spiro atoms. The molecule has 1 aliphatic rings. The van der Waals surface area contributed by atoms with E-state index in [0.29, 0.717) is 13.0 Å². The van der Waals surface area contributed by atoms with Crippen LogP contribution in [0.2, 0.25) is 0 Å². The summed E-state index contributed by atoms with van der Waals surface area (Å²) in [5.41, 5.74) is 0.962. The molecular formula is C14H18FN3O2. The third-order valence-corrected chi connectivity index (χ3v) is 3.17. The number of carbonyl (C=O) groups excluding carboxylic acids is 2. The number of benzene rings is 1. The second-order valence-corrected chi connectivity index (χ2v) is 4.98. The van der Waals surface area contributed by atoms with Crippen molar-refractivity contribution in [2.45, 2.75) is 25.4 Å². The molecule has 0 bridgehead atoms. The summed E-state index contributed by atoms with van der Waals surface area (Å²) >= 11 is 0. The van der Waals surface area contributed by atoms with Gasteiger partial charge in [-0.25, -0.2) is 4.39 Å². The largest absolute Gasteiger partial charge is 0.353 e. The van der Waals surface area contributed by atoms with Crippen LogP contribution in [0.25, 0.3) is 0 Å². The Kier molecular flexibility index (Phi) is 4.68. The maximum absolute atomic E-state index is 12.8. The van der Waals surface area contributed by atoms with E-state index < -0.39 is 6.04 Å². The van der Waals surface area contributed by atoms with E-state index in [4.69, 9.17) is 0 Å². The number of hydrogen-bond acceptors (Lipinski definition) is 3. The Morgan fingerprint density at radius 1 is 1.45 bits per heavy atom. The van der Waals surface area contributed by atoms with Crippen molar-refractivity contribution in [1.82, 2.24) is 16.0 Å². The third kappa shape index (κ3) is 4.03. The van der Waals surface area contributed by atoms with E-state index in [0.717, 1.165) is 5.56 Å². The lowest BCUT2D eigenvalue weighted by molar-refractivity contribution is -0.126. The fraction of sp³-hybridized carbons (Fsp3) is 0.429. The predicted molar refractivity (Wildman–Crippen MR) is 72.5 cm³/mol.